The summed E-state index contributed by atoms with van der Waals surface area (Å²) >= 11 is 0. The largest absolute Gasteiger partial charge is 0.491 e. The van der Waals surface area contributed by atoms with Crippen molar-refractivity contribution in [2.75, 3.05) is 13.2 Å². The molecule has 0 fully saturated rings. The molecule has 2 heterocycles. The summed E-state index contributed by atoms with van der Waals surface area (Å²) in [4.78, 5) is 4.38. The van der Waals surface area contributed by atoms with Gasteiger partial charge in [-0.2, -0.15) is 5.26 Å². The van der Waals surface area contributed by atoms with E-state index in [1.165, 1.54) is 0 Å². The molecule has 116 valence electrons. The summed E-state index contributed by atoms with van der Waals surface area (Å²) in [5.74, 6) is 0.714. The normalized spacial score (nSPS) is 10.7. The Balaban J connectivity index is 2.08. The predicted molar refractivity (Wildman–Crippen MR) is 83.8 cm³/mol. The third kappa shape index (κ3) is 2.72. The van der Waals surface area contributed by atoms with Gasteiger partial charge in [-0.1, -0.05) is 5.21 Å². The molecule has 7 heteroatoms. The van der Waals surface area contributed by atoms with Gasteiger partial charge < -0.3 is 9.84 Å². The minimum Gasteiger partial charge on any atom is -0.491 e. The summed E-state index contributed by atoms with van der Waals surface area (Å²) in [5.41, 5.74) is 3.99. The van der Waals surface area contributed by atoms with Gasteiger partial charge in [0.15, 0.2) is 5.69 Å². The van der Waals surface area contributed by atoms with E-state index >= 15 is 0 Å². The lowest BCUT2D eigenvalue weighted by atomic mass is 10.1. The van der Waals surface area contributed by atoms with Gasteiger partial charge in [0.05, 0.1) is 17.8 Å². The van der Waals surface area contributed by atoms with Crippen molar-refractivity contribution >= 4 is 11.0 Å². The fraction of sp³-hybridized carbons (Fsp3) is 0.250. The molecule has 0 aliphatic rings. The highest BCUT2D eigenvalue weighted by molar-refractivity contribution is 5.83. The summed E-state index contributed by atoms with van der Waals surface area (Å²) in [7, 11) is 1.78. The summed E-state index contributed by atoms with van der Waals surface area (Å²) in [6, 6.07) is 9.57. The Morgan fingerprint density at radius 3 is 2.87 bits per heavy atom. The van der Waals surface area contributed by atoms with Crippen LogP contribution in [0.4, 0.5) is 0 Å². The van der Waals surface area contributed by atoms with Gasteiger partial charge in [0.2, 0.25) is 0 Å². The number of nitriles is 1. The number of nitrogens with zero attached hydrogens (tertiary/aromatic N) is 5. The molecule has 0 saturated carbocycles. The Hall–Kier alpha value is -2.98. The van der Waals surface area contributed by atoms with E-state index in [1.807, 2.05) is 31.2 Å². The Bertz CT molecular complexity index is 911. The average Bonchev–Trinajstić information content (AvgIpc) is 2.94. The maximum Gasteiger partial charge on any atom is 0.170 e. The third-order valence-corrected chi connectivity index (χ3v) is 3.53. The molecule has 0 spiro atoms. The van der Waals surface area contributed by atoms with Crippen LogP contribution in [-0.4, -0.2) is 38.3 Å². The van der Waals surface area contributed by atoms with Gasteiger partial charge >= 0.3 is 0 Å². The topological polar surface area (TPSA) is 96.9 Å². The van der Waals surface area contributed by atoms with E-state index in [1.54, 1.807) is 11.7 Å². The Morgan fingerprint density at radius 2 is 2.17 bits per heavy atom. The van der Waals surface area contributed by atoms with Crippen molar-refractivity contribution < 1.29 is 9.84 Å². The number of aryl methyl sites for hydroxylation is 2. The van der Waals surface area contributed by atoms with Gasteiger partial charge in [-0.05, 0) is 36.8 Å². The van der Waals surface area contributed by atoms with Crippen LogP contribution in [0.25, 0.3) is 22.3 Å². The zero-order valence-corrected chi connectivity index (χ0v) is 12.8. The summed E-state index contributed by atoms with van der Waals surface area (Å²) < 4.78 is 7.07. The van der Waals surface area contributed by atoms with Gasteiger partial charge in [-0.25, -0.2) is 9.67 Å². The van der Waals surface area contributed by atoms with Gasteiger partial charge in [0, 0.05) is 12.6 Å². The highest BCUT2D eigenvalue weighted by atomic mass is 16.5. The first-order valence-corrected chi connectivity index (χ1v) is 7.09. The smallest absolute Gasteiger partial charge is 0.170 e. The highest BCUT2D eigenvalue weighted by Crippen LogP contribution is 2.27. The van der Waals surface area contributed by atoms with Crippen molar-refractivity contribution in [3.05, 3.63) is 35.5 Å². The minimum absolute atomic E-state index is 0.0293. The molecule has 0 bridgehead atoms. The molecule has 0 unspecified atom stereocenters. The lowest BCUT2D eigenvalue weighted by molar-refractivity contribution is 0.200. The monoisotopic (exact) mass is 309 g/mol. The molecule has 3 rings (SSSR count). The number of ether oxygens (including phenoxy) is 1. The molecule has 3 aromatic rings. The minimum atomic E-state index is -0.0293. The van der Waals surface area contributed by atoms with Crippen molar-refractivity contribution in [2.45, 2.75) is 6.92 Å². The van der Waals surface area contributed by atoms with E-state index in [0.717, 1.165) is 16.6 Å². The van der Waals surface area contributed by atoms with E-state index in [9.17, 15) is 5.26 Å². The van der Waals surface area contributed by atoms with Crippen LogP contribution < -0.4 is 4.74 Å². The molecular weight excluding hydrogens is 294 g/mol. The van der Waals surface area contributed by atoms with Crippen LogP contribution in [0.2, 0.25) is 0 Å². The SMILES string of the molecule is Cc1cc(-c2cc3c(nnn3C)c(C#N)n2)ccc1OCCO. The highest BCUT2D eigenvalue weighted by Gasteiger charge is 2.13. The van der Waals surface area contributed by atoms with Crippen molar-refractivity contribution in [2.24, 2.45) is 7.05 Å². The summed E-state index contributed by atoms with van der Waals surface area (Å²) in [6.07, 6.45) is 0. The second-order valence-electron chi connectivity index (χ2n) is 5.10. The van der Waals surface area contributed by atoms with Gasteiger partial charge in [0.1, 0.15) is 23.9 Å². The first-order valence-electron chi connectivity index (χ1n) is 7.09. The maximum absolute atomic E-state index is 9.28. The van der Waals surface area contributed by atoms with Crippen molar-refractivity contribution in [3.8, 4) is 23.1 Å². The average molecular weight is 309 g/mol. The predicted octanol–water partition coefficient (Wildman–Crippen LogP) is 1.58. The number of pyridine rings is 1. The molecule has 1 aromatic carbocycles. The molecule has 0 aliphatic heterocycles. The molecule has 0 aliphatic carbocycles. The number of hydrogen-bond donors (Lipinski definition) is 1. The first kappa shape index (κ1) is 14.9. The third-order valence-electron chi connectivity index (χ3n) is 3.53. The number of rotatable bonds is 4. The number of hydrogen-bond acceptors (Lipinski definition) is 6. The molecule has 1 N–H and O–H groups in total. The lowest BCUT2D eigenvalue weighted by Crippen LogP contribution is -2.02. The molecule has 0 saturated heterocycles. The fourth-order valence-electron chi connectivity index (χ4n) is 2.38. The summed E-state index contributed by atoms with van der Waals surface area (Å²) in [5, 5.41) is 26.0. The van der Waals surface area contributed by atoms with Crippen LogP contribution in [0.3, 0.4) is 0 Å². The zero-order valence-electron chi connectivity index (χ0n) is 12.8. The number of aromatic nitrogens is 4. The molecule has 0 radical (unpaired) electrons. The fourth-order valence-corrected chi connectivity index (χ4v) is 2.38. The standard InChI is InChI=1S/C16H15N5O2/c1-10-7-11(3-4-15(10)23-6-5-22)12-8-14-16(13(9-17)18-12)19-20-21(14)2/h3-4,7-8,22H,5-6H2,1-2H3. The second kappa shape index (κ2) is 6.02. The molecule has 7 nitrogen and oxygen atoms in total. The van der Waals surface area contributed by atoms with Crippen molar-refractivity contribution in [3.63, 3.8) is 0 Å². The Kier molecular flexibility index (Phi) is 3.91. The second-order valence-corrected chi connectivity index (χ2v) is 5.10. The van der Waals surface area contributed by atoms with Gasteiger partial charge in [0.25, 0.3) is 0 Å². The van der Waals surface area contributed by atoms with Crippen LogP contribution in [-0.2, 0) is 7.05 Å². The van der Waals surface area contributed by atoms with Crippen LogP contribution in [0.1, 0.15) is 11.3 Å². The summed E-state index contributed by atoms with van der Waals surface area (Å²) in [6.45, 7) is 2.15. The Labute approximate surface area is 132 Å². The van der Waals surface area contributed by atoms with Crippen LogP contribution in [0, 0.1) is 18.3 Å². The van der Waals surface area contributed by atoms with E-state index in [2.05, 4.69) is 21.4 Å². The van der Waals surface area contributed by atoms with E-state index in [4.69, 9.17) is 9.84 Å². The molecule has 0 amide bonds. The van der Waals surface area contributed by atoms with Gasteiger partial charge in [-0.15, -0.1) is 5.10 Å². The van der Waals surface area contributed by atoms with Crippen LogP contribution in [0.5, 0.6) is 5.75 Å². The number of aliphatic hydroxyl groups excluding tert-OH is 1. The molecule has 23 heavy (non-hydrogen) atoms. The van der Waals surface area contributed by atoms with Gasteiger partial charge in [-0.3, -0.25) is 0 Å². The molecular formula is C16H15N5O2. The van der Waals surface area contributed by atoms with Crippen LogP contribution >= 0.6 is 0 Å². The van der Waals surface area contributed by atoms with E-state index < -0.39 is 0 Å². The zero-order chi connectivity index (χ0) is 16.4. The number of benzene rings is 1. The number of aliphatic hydroxyl groups is 1. The molecule has 2 aromatic heterocycles. The first-order chi connectivity index (χ1) is 11.1. The maximum atomic E-state index is 9.28. The van der Waals surface area contributed by atoms with Crippen LogP contribution in [0.15, 0.2) is 24.3 Å². The van der Waals surface area contributed by atoms with Crippen molar-refractivity contribution in [1.29, 1.82) is 5.26 Å². The van der Waals surface area contributed by atoms with Crippen molar-refractivity contribution in [1.82, 2.24) is 20.0 Å². The lowest BCUT2D eigenvalue weighted by Gasteiger charge is -2.10. The number of fused-ring (bicyclic) bond motifs is 1. The van der Waals surface area contributed by atoms with E-state index in [0.29, 0.717) is 17.0 Å². The Morgan fingerprint density at radius 1 is 1.35 bits per heavy atom. The quantitative estimate of drug-likeness (QED) is 0.786. The van der Waals surface area contributed by atoms with E-state index in [-0.39, 0.29) is 18.9 Å². The molecule has 0 atom stereocenters.